The minimum absolute atomic E-state index is 0.0919. The van der Waals surface area contributed by atoms with Crippen LogP contribution in [-0.4, -0.2) is 48.7 Å². The SMILES string of the molecule is COCCN(CCC(=O)O)C(=O)c1cc(C)oc1C. The van der Waals surface area contributed by atoms with Crippen molar-refractivity contribution in [3.05, 3.63) is 23.2 Å². The summed E-state index contributed by atoms with van der Waals surface area (Å²) in [6.07, 6.45) is -0.0919. The van der Waals surface area contributed by atoms with E-state index >= 15 is 0 Å². The number of aliphatic carboxylic acids is 1. The highest BCUT2D eigenvalue weighted by Gasteiger charge is 2.20. The number of hydrogen-bond acceptors (Lipinski definition) is 4. The van der Waals surface area contributed by atoms with Crippen LogP contribution < -0.4 is 0 Å². The number of carboxylic acids is 1. The summed E-state index contributed by atoms with van der Waals surface area (Å²) in [5.74, 6) is 0.0361. The lowest BCUT2D eigenvalue weighted by molar-refractivity contribution is -0.137. The number of hydrogen-bond donors (Lipinski definition) is 1. The van der Waals surface area contributed by atoms with Crippen LogP contribution in [0.5, 0.6) is 0 Å². The molecule has 1 heterocycles. The van der Waals surface area contributed by atoms with Gasteiger partial charge >= 0.3 is 5.97 Å². The van der Waals surface area contributed by atoms with E-state index in [1.54, 1.807) is 19.9 Å². The first-order chi connectivity index (χ1) is 8.95. The first kappa shape index (κ1) is 15.2. The fourth-order valence-corrected chi connectivity index (χ4v) is 1.76. The Morgan fingerprint density at radius 3 is 2.53 bits per heavy atom. The minimum Gasteiger partial charge on any atom is -0.481 e. The smallest absolute Gasteiger partial charge is 0.305 e. The molecule has 0 fully saturated rings. The Hall–Kier alpha value is -1.82. The number of rotatable bonds is 7. The molecule has 0 bridgehead atoms. The van der Waals surface area contributed by atoms with Crippen molar-refractivity contribution in [1.82, 2.24) is 4.90 Å². The first-order valence-electron chi connectivity index (χ1n) is 6.02. The van der Waals surface area contributed by atoms with Gasteiger partial charge in [0, 0.05) is 20.2 Å². The van der Waals surface area contributed by atoms with Gasteiger partial charge in [-0.25, -0.2) is 0 Å². The molecule has 6 nitrogen and oxygen atoms in total. The van der Waals surface area contributed by atoms with E-state index in [0.29, 0.717) is 30.2 Å². The summed E-state index contributed by atoms with van der Waals surface area (Å²) in [6.45, 7) is 4.35. The van der Waals surface area contributed by atoms with Crippen molar-refractivity contribution in [2.24, 2.45) is 0 Å². The van der Waals surface area contributed by atoms with Crippen LogP contribution in [0.15, 0.2) is 10.5 Å². The van der Waals surface area contributed by atoms with E-state index in [1.807, 2.05) is 0 Å². The van der Waals surface area contributed by atoms with Gasteiger partial charge in [-0.3, -0.25) is 9.59 Å². The summed E-state index contributed by atoms with van der Waals surface area (Å²) < 4.78 is 10.3. The summed E-state index contributed by atoms with van der Waals surface area (Å²) in [5, 5.41) is 8.71. The van der Waals surface area contributed by atoms with Crippen molar-refractivity contribution in [3.63, 3.8) is 0 Å². The predicted octanol–water partition coefficient (Wildman–Crippen LogP) is 1.46. The van der Waals surface area contributed by atoms with Crippen molar-refractivity contribution >= 4 is 11.9 Å². The van der Waals surface area contributed by atoms with Crippen molar-refractivity contribution in [1.29, 1.82) is 0 Å². The Bertz CT molecular complexity index is 452. The monoisotopic (exact) mass is 269 g/mol. The van der Waals surface area contributed by atoms with Crippen LogP contribution in [-0.2, 0) is 9.53 Å². The van der Waals surface area contributed by atoms with Gasteiger partial charge in [0.2, 0.25) is 0 Å². The molecule has 0 saturated heterocycles. The maximum Gasteiger partial charge on any atom is 0.305 e. The number of amides is 1. The normalized spacial score (nSPS) is 10.5. The molecule has 0 radical (unpaired) electrons. The second kappa shape index (κ2) is 6.94. The van der Waals surface area contributed by atoms with Gasteiger partial charge < -0.3 is 19.2 Å². The van der Waals surface area contributed by atoms with Gasteiger partial charge in [0.15, 0.2) is 0 Å². The van der Waals surface area contributed by atoms with Gasteiger partial charge in [0.05, 0.1) is 18.6 Å². The largest absolute Gasteiger partial charge is 0.481 e. The van der Waals surface area contributed by atoms with Crippen LogP contribution in [0.25, 0.3) is 0 Å². The van der Waals surface area contributed by atoms with Gasteiger partial charge in [0.1, 0.15) is 11.5 Å². The van der Waals surface area contributed by atoms with Gasteiger partial charge in [-0.2, -0.15) is 0 Å². The molecular formula is C13H19NO5. The summed E-state index contributed by atoms with van der Waals surface area (Å²) >= 11 is 0. The fraction of sp³-hybridized carbons (Fsp3) is 0.538. The zero-order valence-electron chi connectivity index (χ0n) is 11.4. The molecule has 0 atom stereocenters. The Balaban J connectivity index is 2.80. The van der Waals surface area contributed by atoms with Crippen molar-refractivity contribution in [3.8, 4) is 0 Å². The van der Waals surface area contributed by atoms with E-state index in [-0.39, 0.29) is 18.9 Å². The third-order valence-electron chi connectivity index (χ3n) is 2.72. The zero-order valence-corrected chi connectivity index (χ0v) is 11.4. The zero-order chi connectivity index (χ0) is 14.4. The number of carbonyl (C=O) groups is 2. The van der Waals surface area contributed by atoms with Gasteiger partial charge in [-0.15, -0.1) is 0 Å². The molecule has 106 valence electrons. The van der Waals surface area contributed by atoms with Crippen LogP contribution in [0, 0.1) is 13.8 Å². The average molecular weight is 269 g/mol. The van der Waals surface area contributed by atoms with Crippen LogP contribution >= 0.6 is 0 Å². The predicted molar refractivity (Wildman–Crippen MR) is 68.2 cm³/mol. The highest BCUT2D eigenvalue weighted by atomic mass is 16.5. The molecule has 0 aromatic carbocycles. The van der Waals surface area contributed by atoms with E-state index < -0.39 is 5.97 Å². The molecule has 0 aliphatic carbocycles. The Labute approximate surface area is 112 Å². The van der Waals surface area contributed by atoms with Crippen LogP contribution in [0.1, 0.15) is 28.3 Å². The molecule has 1 amide bonds. The van der Waals surface area contributed by atoms with Crippen molar-refractivity contribution < 1.29 is 23.8 Å². The molecule has 0 aliphatic heterocycles. The Morgan fingerprint density at radius 1 is 1.37 bits per heavy atom. The van der Waals surface area contributed by atoms with Crippen LogP contribution in [0.3, 0.4) is 0 Å². The Morgan fingerprint density at radius 2 is 2.05 bits per heavy atom. The number of carbonyl (C=O) groups excluding carboxylic acids is 1. The molecule has 0 saturated carbocycles. The highest BCUT2D eigenvalue weighted by molar-refractivity contribution is 5.95. The molecule has 1 rings (SSSR count). The van der Waals surface area contributed by atoms with E-state index in [0.717, 1.165) is 0 Å². The second-order valence-electron chi connectivity index (χ2n) is 4.26. The van der Waals surface area contributed by atoms with E-state index in [2.05, 4.69) is 0 Å². The molecule has 0 spiro atoms. The summed E-state index contributed by atoms with van der Waals surface area (Å²) in [5.41, 5.74) is 0.471. The number of nitrogens with zero attached hydrogens (tertiary/aromatic N) is 1. The van der Waals surface area contributed by atoms with Gasteiger partial charge in [0.25, 0.3) is 5.91 Å². The molecule has 1 aromatic rings. The number of methoxy groups -OCH3 is 1. The van der Waals surface area contributed by atoms with Crippen molar-refractivity contribution in [2.45, 2.75) is 20.3 Å². The molecule has 19 heavy (non-hydrogen) atoms. The summed E-state index contributed by atoms with van der Waals surface area (Å²) in [6, 6.07) is 1.66. The van der Waals surface area contributed by atoms with Gasteiger partial charge in [-0.1, -0.05) is 0 Å². The number of furan rings is 1. The van der Waals surface area contributed by atoms with Crippen LogP contribution in [0.2, 0.25) is 0 Å². The van der Waals surface area contributed by atoms with Crippen molar-refractivity contribution in [2.75, 3.05) is 26.8 Å². The highest BCUT2D eigenvalue weighted by Crippen LogP contribution is 2.16. The van der Waals surface area contributed by atoms with Crippen LogP contribution in [0.4, 0.5) is 0 Å². The molecular weight excluding hydrogens is 250 g/mol. The lowest BCUT2D eigenvalue weighted by atomic mass is 10.2. The third-order valence-corrected chi connectivity index (χ3v) is 2.72. The van der Waals surface area contributed by atoms with E-state index in [9.17, 15) is 9.59 Å². The molecule has 6 heteroatoms. The van der Waals surface area contributed by atoms with Gasteiger partial charge in [-0.05, 0) is 19.9 Å². The Kier molecular flexibility index (Phi) is 5.57. The van der Waals surface area contributed by atoms with E-state index in [4.69, 9.17) is 14.3 Å². The second-order valence-corrected chi connectivity index (χ2v) is 4.26. The quantitative estimate of drug-likeness (QED) is 0.810. The average Bonchev–Trinajstić information content (AvgIpc) is 2.67. The number of ether oxygens (including phenoxy) is 1. The van der Waals surface area contributed by atoms with E-state index in [1.165, 1.54) is 12.0 Å². The molecule has 1 N–H and O–H groups in total. The standard InChI is InChI=1S/C13H19NO5/c1-9-8-11(10(2)19-9)13(17)14(6-7-18-3)5-4-12(15)16/h8H,4-7H2,1-3H3,(H,15,16). The summed E-state index contributed by atoms with van der Waals surface area (Å²) in [7, 11) is 1.53. The lowest BCUT2D eigenvalue weighted by Gasteiger charge is -2.21. The molecule has 0 unspecified atom stereocenters. The molecule has 0 aliphatic rings. The maximum absolute atomic E-state index is 12.3. The maximum atomic E-state index is 12.3. The minimum atomic E-state index is -0.935. The fourth-order valence-electron chi connectivity index (χ4n) is 1.76. The number of aryl methyl sites for hydroxylation is 2. The number of carboxylic acid groups (broad SMARTS) is 1. The lowest BCUT2D eigenvalue weighted by Crippen LogP contribution is -2.35. The summed E-state index contributed by atoms with van der Waals surface area (Å²) in [4.78, 5) is 24.4. The third kappa shape index (κ3) is 4.40. The first-order valence-corrected chi connectivity index (χ1v) is 6.02. The molecule has 1 aromatic heterocycles. The topological polar surface area (TPSA) is 80.0 Å².